The number of para-hydroxylation sites is 1. The van der Waals surface area contributed by atoms with Gasteiger partial charge in [-0.25, -0.2) is 4.39 Å². The van der Waals surface area contributed by atoms with Crippen molar-refractivity contribution in [3.63, 3.8) is 0 Å². The first-order chi connectivity index (χ1) is 9.66. The molecule has 20 heavy (non-hydrogen) atoms. The van der Waals surface area contributed by atoms with Gasteiger partial charge in [-0.1, -0.05) is 34.1 Å². The minimum atomic E-state index is -0.377. The summed E-state index contributed by atoms with van der Waals surface area (Å²) in [5, 5.41) is 0. The van der Waals surface area contributed by atoms with Gasteiger partial charge in [-0.05, 0) is 36.2 Å². The normalized spacial score (nSPS) is 19.1. The fourth-order valence-electron chi connectivity index (χ4n) is 2.73. The van der Waals surface area contributed by atoms with E-state index in [4.69, 9.17) is 10.5 Å². The number of fused-ring (bicyclic) bond motifs is 1. The predicted molar refractivity (Wildman–Crippen MR) is 80.3 cm³/mol. The van der Waals surface area contributed by atoms with Crippen molar-refractivity contribution in [3.8, 4) is 5.75 Å². The molecule has 2 N–H and O–H groups in total. The topological polar surface area (TPSA) is 35.2 Å². The van der Waals surface area contributed by atoms with Gasteiger partial charge in [-0.3, -0.25) is 0 Å². The van der Waals surface area contributed by atoms with Gasteiger partial charge in [-0.15, -0.1) is 0 Å². The van der Waals surface area contributed by atoms with E-state index in [1.165, 1.54) is 6.07 Å². The van der Waals surface area contributed by atoms with Gasteiger partial charge < -0.3 is 10.5 Å². The Kier molecular flexibility index (Phi) is 3.76. The van der Waals surface area contributed by atoms with Crippen LogP contribution in [-0.2, 0) is 0 Å². The van der Waals surface area contributed by atoms with Gasteiger partial charge in [0.15, 0.2) is 0 Å². The van der Waals surface area contributed by atoms with Crippen LogP contribution in [0.2, 0.25) is 0 Å². The fourth-order valence-corrected chi connectivity index (χ4v) is 3.11. The summed E-state index contributed by atoms with van der Waals surface area (Å²) >= 11 is 3.37. The van der Waals surface area contributed by atoms with Crippen LogP contribution in [0.5, 0.6) is 5.75 Å². The van der Waals surface area contributed by atoms with Crippen LogP contribution in [0.15, 0.2) is 46.9 Å². The van der Waals surface area contributed by atoms with Crippen LogP contribution in [-0.4, -0.2) is 6.61 Å². The predicted octanol–water partition coefficient (Wildman–Crippen LogP) is 4.15. The molecule has 0 saturated carbocycles. The summed E-state index contributed by atoms with van der Waals surface area (Å²) < 4.78 is 20.5. The molecule has 3 rings (SSSR count). The van der Waals surface area contributed by atoms with E-state index in [1.54, 1.807) is 12.1 Å². The number of hydrogen-bond donors (Lipinski definition) is 1. The van der Waals surface area contributed by atoms with E-state index in [0.29, 0.717) is 12.2 Å². The third kappa shape index (κ3) is 2.45. The van der Waals surface area contributed by atoms with Crippen molar-refractivity contribution < 1.29 is 9.13 Å². The maximum atomic E-state index is 14.0. The van der Waals surface area contributed by atoms with Crippen molar-refractivity contribution in [2.24, 2.45) is 5.73 Å². The van der Waals surface area contributed by atoms with Gasteiger partial charge in [0.2, 0.25) is 0 Å². The van der Waals surface area contributed by atoms with Crippen LogP contribution >= 0.6 is 15.9 Å². The maximum Gasteiger partial charge on any atom is 0.128 e. The number of rotatable bonds is 2. The molecule has 0 aliphatic carbocycles. The van der Waals surface area contributed by atoms with Crippen LogP contribution in [0.3, 0.4) is 0 Å². The molecule has 2 aromatic rings. The molecule has 0 fully saturated rings. The van der Waals surface area contributed by atoms with Crippen molar-refractivity contribution in [1.82, 2.24) is 0 Å². The van der Waals surface area contributed by atoms with Gasteiger partial charge in [-0.2, -0.15) is 0 Å². The first-order valence-electron chi connectivity index (χ1n) is 6.59. The molecule has 1 aliphatic rings. The van der Waals surface area contributed by atoms with E-state index in [9.17, 15) is 4.39 Å². The van der Waals surface area contributed by atoms with Gasteiger partial charge in [0.25, 0.3) is 0 Å². The molecule has 2 atom stereocenters. The largest absolute Gasteiger partial charge is 0.493 e. The highest BCUT2D eigenvalue weighted by Gasteiger charge is 2.29. The average molecular weight is 336 g/mol. The van der Waals surface area contributed by atoms with Crippen LogP contribution < -0.4 is 10.5 Å². The Morgan fingerprint density at radius 1 is 1.25 bits per heavy atom. The monoisotopic (exact) mass is 335 g/mol. The van der Waals surface area contributed by atoms with Crippen molar-refractivity contribution in [2.45, 2.75) is 18.4 Å². The highest BCUT2D eigenvalue weighted by atomic mass is 79.9. The quantitative estimate of drug-likeness (QED) is 0.894. The lowest BCUT2D eigenvalue weighted by atomic mass is 9.83. The summed E-state index contributed by atoms with van der Waals surface area (Å²) in [6, 6.07) is 12.4. The van der Waals surface area contributed by atoms with E-state index in [1.807, 2.05) is 24.3 Å². The third-order valence-corrected chi connectivity index (χ3v) is 4.25. The van der Waals surface area contributed by atoms with E-state index < -0.39 is 0 Å². The number of nitrogens with two attached hydrogens (primary N) is 1. The summed E-state index contributed by atoms with van der Waals surface area (Å²) in [4.78, 5) is 0. The Morgan fingerprint density at radius 3 is 2.90 bits per heavy atom. The Labute approximate surface area is 125 Å². The minimum absolute atomic E-state index is 0.0729. The Balaban J connectivity index is 1.99. The zero-order chi connectivity index (χ0) is 14.1. The standard InChI is InChI=1S/C16H15BrFNO/c17-10-5-6-14(18)13(9-10)16(19)12-7-8-20-15-4-2-1-3-11(12)15/h1-6,9,12,16H,7-8,19H2. The van der Waals surface area contributed by atoms with Crippen LogP contribution in [0.4, 0.5) is 4.39 Å². The van der Waals surface area contributed by atoms with E-state index in [0.717, 1.165) is 22.2 Å². The van der Waals surface area contributed by atoms with E-state index in [-0.39, 0.29) is 17.8 Å². The Hall–Kier alpha value is -1.39. The second-order valence-corrected chi connectivity index (χ2v) is 5.89. The highest BCUT2D eigenvalue weighted by molar-refractivity contribution is 9.10. The fraction of sp³-hybridized carbons (Fsp3) is 0.250. The molecule has 2 nitrogen and oxygen atoms in total. The first kappa shape index (κ1) is 13.6. The molecule has 0 aromatic heterocycles. The lowest BCUT2D eigenvalue weighted by Gasteiger charge is -2.30. The molecule has 0 saturated heterocycles. The molecule has 1 aliphatic heterocycles. The lowest BCUT2D eigenvalue weighted by Crippen LogP contribution is -2.26. The minimum Gasteiger partial charge on any atom is -0.493 e. The van der Waals surface area contributed by atoms with Crippen LogP contribution in [0.1, 0.15) is 29.5 Å². The zero-order valence-corrected chi connectivity index (χ0v) is 12.4. The average Bonchev–Trinajstić information content (AvgIpc) is 2.48. The number of benzene rings is 2. The SMILES string of the molecule is NC(c1cc(Br)ccc1F)C1CCOc2ccccc21. The molecule has 0 spiro atoms. The summed E-state index contributed by atoms with van der Waals surface area (Å²) in [6.07, 6.45) is 0.796. The summed E-state index contributed by atoms with van der Waals surface area (Å²) in [7, 11) is 0. The van der Waals surface area contributed by atoms with Crippen molar-refractivity contribution in [3.05, 3.63) is 63.9 Å². The smallest absolute Gasteiger partial charge is 0.128 e. The molecule has 1 heterocycles. The molecule has 4 heteroatoms. The van der Waals surface area contributed by atoms with Crippen molar-refractivity contribution >= 4 is 15.9 Å². The van der Waals surface area contributed by atoms with Gasteiger partial charge >= 0.3 is 0 Å². The molecule has 0 amide bonds. The van der Waals surface area contributed by atoms with Crippen LogP contribution in [0.25, 0.3) is 0 Å². The van der Waals surface area contributed by atoms with Crippen LogP contribution in [0, 0.1) is 5.82 Å². The summed E-state index contributed by atoms with van der Waals surface area (Å²) in [6.45, 7) is 0.616. The molecular weight excluding hydrogens is 321 g/mol. The first-order valence-corrected chi connectivity index (χ1v) is 7.38. The molecule has 2 aromatic carbocycles. The van der Waals surface area contributed by atoms with E-state index >= 15 is 0 Å². The third-order valence-electron chi connectivity index (χ3n) is 3.76. The molecule has 104 valence electrons. The maximum absolute atomic E-state index is 14.0. The summed E-state index contributed by atoms with van der Waals surface area (Å²) in [5.74, 6) is 0.669. The number of hydrogen-bond acceptors (Lipinski definition) is 2. The van der Waals surface area contributed by atoms with Crippen molar-refractivity contribution in [2.75, 3.05) is 6.61 Å². The van der Waals surface area contributed by atoms with Gasteiger partial charge in [0, 0.05) is 22.0 Å². The number of ether oxygens (including phenoxy) is 1. The Morgan fingerprint density at radius 2 is 2.05 bits per heavy atom. The lowest BCUT2D eigenvalue weighted by molar-refractivity contribution is 0.254. The molecule has 0 bridgehead atoms. The molecular formula is C16H15BrFNO. The highest BCUT2D eigenvalue weighted by Crippen LogP contribution is 2.41. The van der Waals surface area contributed by atoms with Crippen molar-refractivity contribution in [1.29, 1.82) is 0 Å². The number of halogens is 2. The molecule has 0 radical (unpaired) electrons. The van der Waals surface area contributed by atoms with Gasteiger partial charge in [0.05, 0.1) is 6.61 Å². The Bertz CT molecular complexity index is 632. The van der Waals surface area contributed by atoms with Gasteiger partial charge in [0.1, 0.15) is 11.6 Å². The molecule has 2 unspecified atom stereocenters. The zero-order valence-electron chi connectivity index (χ0n) is 10.9. The van der Waals surface area contributed by atoms with E-state index in [2.05, 4.69) is 15.9 Å². The second kappa shape index (κ2) is 5.54. The summed E-state index contributed by atoms with van der Waals surface area (Å²) in [5.41, 5.74) is 7.94. The second-order valence-electron chi connectivity index (χ2n) is 4.97.